The van der Waals surface area contributed by atoms with Crippen molar-refractivity contribution in [2.24, 2.45) is 0 Å². The molecule has 1 aromatic heterocycles. The van der Waals surface area contributed by atoms with E-state index < -0.39 is 143 Å². The highest BCUT2D eigenvalue weighted by Gasteiger charge is 2.54. The van der Waals surface area contributed by atoms with Crippen molar-refractivity contribution in [3.05, 3.63) is 11.9 Å². The number of carboxylic acid groups (broad SMARTS) is 1. The zero-order valence-corrected chi connectivity index (χ0v) is 39.9. The molecule has 2 aliphatic rings. The maximum atomic E-state index is 13.6. The number of hydrogen-bond donors (Lipinski definition) is 9. The third kappa shape index (κ3) is 16.5. The number of unbranched alkanes of at least 4 members (excludes halogenated alkanes) is 1. The van der Waals surface area contributed by atoms with Crippen LogP contribution >= 0.6 is 14.6 Å². The lowest BCUT2D eigenvalue weighted by Gasteiger charge is -2.50. The topological polar surface area (TPSA) is 433 Å². The molecule has 1 aromatic rings. The molecule has 0 aromatic carbocycles. The van der Waals surface area contributed by atoms with Crippen molar-refractivity contribution < 1.29 is 101 Å². The molecule has 0 radical (unpaired) electrons. The largest absolute Gasteiger partial charge is 0.772 e. The molecule has 3 unspecified atom stereocenters. The molecule has 0 spiro atoms. The van der Waals surface area contributed by atoms with Crippen LogP contribution in [0.3, 0.4) is 0 Å². The fourth-order valence-electron chi connectivity index (χ4n) is 6.94. The average molecular weight is 1020 g/mol. The molecule has 29 nitrogen and oxygen atoms in total. The van der Waals surface area contributed by atoms with Crippen molar-refractivity contribution in [2.45, 2.75) is 159 Å². The fraction of sp³-hybridized carbons (Fsp3) is 0.784. The highest BCUT2D eigenvalue weighted by Crippen LogP contribution is 2.72. The maximum absolute atomic E-state index is 13.6. The van der Waals surface area contributed by atoms with E-state index in [2.05, 4.69) is 41.4 Å². The molecular weight excluding hydrogens is 954 g/mol. The van der Waals surface area contributed by atoms with Crippen LogP contribution in [0.4, 0.5) is 0 Å². The zero-order chi connectivity index (χ0) is 51.1. The van der Waals surface area contributed by atoms with E-state index in [0.717, 1.165) is 26.5 Å². The van der Waals surface area contributed by atoms with Crippen LogP contribution < -0.4 is 41.5 Å². The second kappa shape index (κ2) is 26.8. The first-order chi connectivity index (χ1) is 31.9. The summed E-state index contributed by atoms with van der Waals surface area (Å²) in [6, 6.07) is -6.14. The Balaban J connectivity index is 1.74. The van der Waals surface area contributed by atoms with Gasteiger partial charge in [0.2, 0.25) is 44.1 Å². The second-order valence-electron chi connectivity index (χ2n) is 15.8. The van der Waals surface area contributed by atoms with Gasteiger partial charge in [-0.1, -0.05) is 12.1 Å². The first kappa shape index (κ1) is 58.3. The van der Waals surface area contributed by atoms with Crippen LogP contribution in [0, 0.1) is 0 Å². The third-order valence-corrected chi connectivity index (χ3v) is 14.7. The van der Waals surface area contributed by atoms with Gasteiger partial charge in [0.15, 0.2) is 12.6 Å². The van der Waals surface area contributed by atoms with Gasteiger partial charge in [-0.05, 0) is 46.0 Å². The Bertz CT molecular complexity index is 1970. The second-order valence-corrected chi connectivity index (χ2v) is 21.2. The summed E-state index contributed by atoms with van der Waals surface area (Å²) in [6.07, 6.45) is -13.3. The van der Waals surface area contributed by atoms with Gasteiger partial charge in [0.05, 0.1) is 30.9 Å². The Morgan fingerprint density at radius 1 is 0.868 bits per heavy atom. The van der Waals surface area contributed by atoms with Gasteiger partial charge in [-0.3, -0.25) is 42.3 Å². The lowest BCUT2D eigenvalue weighted by Crippen LogP contribution is -2.70. The number of nitrogens with one attached hydrogen (secondary N) is 5. The molecule has 15 atom stereocenters. The third-order valence-electron chi connectivity index (χ3n) is 10.6. The van der Waals surface area contributed by atoms with Gasteiger partial charge in [0, 0.05) is 46.7 Å². The maximum Gasteiger partial charge on any atom is 0.249 e. The minimum Gasteiger partial charge on any atom is -0.772 e. The highest BCUT2D eigenvalue weighted by molar-refractivity contribution is 8.25. The van der Waals surface area contributed by atoms with Gasteiger partial charge < -0.3 is 90.2 Å². The van der Waals surface area contributed by atoms with E-state index in [0.29, 0.717) is 32.9 Å². The molecule has 3 rings (SSSR count). The van der Waals surface area contributed by atoms with Crippen molar-refractivity contribution >= 4 is 50.1 Å². The van der Waals surface area contributed by atoms with E-state index in [4.69, 9.17) is 23.5 Å². The van der Waals surface area contributed by atoms with E-state index in [1.54, 1.807) is 10.9 Å². The predicted molar refractivity (Wildman–Crippen MR) is 221 cm³/mol. The van der Waals surface area contributed by atoms with Gasteiger partial charge >= 0.3 is 0 Å². The quantitative estimate of drug-likeness (QED) is 0.0292. The minimum absolute atomic E-state index is 0.0551. The summed E-state index contributed by atoms with van der Waals surface area (Å²) < 4.78 is 59.1. The summed E-state index contributed by atoms with van der Waals surface area (Å²) >= 11 is 0. The number of nitrogens with zero attached hydrogens (tertiary/aromatic N) is 3. The molecular formula is C37H61N8O21P2-3. The Morgan fingerprint density at radius 2 is 1.50 bits per heavy atom. The summed E-state index contributed by atoms with van der Waals surface area (Å²) in [7, 11) is -11.4. The van der Waals surface area contributed by atoms with Gasteiger partial charge in [0.1, 0.15) is 60.9 Å². The van der Waals surface area contributed by atoms with E-state index in [1.807, 2.05) is 6.92 Å². The molecule has 2 saturated heterocycles. The van der Waals surface area contributed by atoms with Crippen LogP contribution in [0.1, 0.15) is 72.4 Å². The van der Waals surface area contributed by atoms with Crippen LogP contribution in [0.25, 0.3) is 0 Å². The summed E-state index contributed by atoms with van der Waals surface area (Å²) in [4.78, 5) is 101. The van der Waals surface area contributed by atoms with E-state index in [9.17, 15) is 73.2 Å². The average Bonchev–Trinajstić information content (AvgIpc) is 3.74. The van der Waals surface area contributed by atoms with Crippen LogP contribution in [0.5, 0.6) is 0 Å². The van der Waals surface area contributed by atoms with Crippen LogP contribution in [-0.2, 0) is 78.9 Å². The van der Waals surface area contributed by atoms with E-state index >= 15 is 0 Å². The number of amides is 5. The number of hydrogen-bond acceptors (Lipinski definition) is 23. The molecule has 68 heavy (non-hydrogen) atoms. The molecule has 9 N–H and O–H groups in total. The van der Waals surface area contributed by atoms with Crippen LogP contribution in [-0.4, -0.2) is 177 Å². The number of aryl methyl sites for hydroxylation is 2. The van der Waals surface area contributed by atoms with E-state index in [-0.39, 0.29) is 25.8 Å². The summed E-state index contributed by atoms with van der Waals surface area (Å²) in [5.41, 5.74) is 0.815. The van der Waals surface area contributed by atoms with Crippen LogP contribution in [0.2, 0.25) is 0 Å². The Hall–Kier alpha value is -4.06. The predicted octanol–water partition coefficient (Wildman–Crippen LogP) is -6.34. The number of ether oxygens (including phenoxy) is 4. The SMILES string of the molecule is CCc1cn(CCCC[C@H](NC(=O)CCCNC(=O)[C@H](C)NC(=O)[C@@H](C)O[C@H]2C(O[C@@H]3O[C@H](CO)[C@@H](O)[C@H](O)[C@H]3NC(C)=O)[C@@H](CO)O[C@H](OP(=O)([O-])P(=O)([O-])OC)[C@@H]2NC(C)=O)C(=O)[O-])nn1. The summed E-state index contributed by atoms with van der Waals surface area (Å²) in [5.74, 6) is -5.57. The number of rotatable bonds is 27. The standard InChI is InChI=1S/C37H64N8O21P2/c1-7-22-15-45(44-43-22)14-9-8-11-23(35(55)56)42-26(50)12-10-13-38-33(53)18(2)39-34(54)19(3)62-32-28(41-21(5)49)37(66-68(59,60)67(57,58)61-6)64-25(17-47)31(32)65-36-27(40-20(4)48)30(52)29(51)24(16-46)63-36/h15,18-19,23-25,27-32,36-37,46-47,51-52H,7-14,16-17H2,1-6H3,(H,38,53)(H,39,54)(H,40,48)(H,41,49)(H,42,50)(H,55,56)(H,57,58)(H,59,60)/p-3/t18-,19+,23-,24+,25+,27+,28+,29+,30+,31?,32+,36-,37+/m0/s1. The molecule has 0 aliphatic carbocycles. The Morgan fingerprint density at radius 3 is 2.07 bits per heavy atom. The Kier molecular flexibility index (Phi) is 23.0. The molecule has 5 amide bonds. The van der Waals surface area contributed by atoms with Gasteiger partial charge in [-0.25, -0.2) is 0 Å². The fourth-order valence-corrected chi connectivity index (χ4v) is 8.92. The van der Waals surface area contributed by atoms with Crippen molar-refractivity contribution in [2.75, 3.05) is 26.9 Å². The number of aliphatic hydroxyl groups is 4. The number of aromatic nitrogens is 3. The summed E-state index contributed by atoms with van der Waals surface area (Å²) in [6.45, 7) is 4.71. The molecule has 0 saturated carbocycles. The van der Waals surface area contributed by atoms with Gasteiger partial charge in [-0.15, -0.1) is 5.10 Å². The van der Waals surface area contributed by atoms with Crippen molar-refractivity contribution in [1.29, 1.82) is 0 Å². The first-order valence-corrected chi connectivity index (χ1v) is 25.3. The molecule has 3 heterocycles. The summed E-state index contributed by atoms with van der Waals surface area (Å²) in [5, 5.41) is 73.3. The normalized spacial score (nSPS) is 28.1. The molecule has 2 aliphatic heterocycles. The minimum atomic E-state index is -6.11. The van der Waals surface area contributed by atoms with Crippen molar-refractivity contribution in [3.8, 4) is 0 Å². The Labute approximate surface area is 390 Å². The van der Waals surface area contributed by atoms with Crippen LogP contribution in [0.15, 0.2) is 6.20 Å². The lowest BCUT2D eigenvalue weighted by atomic mass is 9.94. The lowest BCUT2D eigenvalue weighted by molar-refractivity contribution is -0.334. The monoisotopic (exact) mass is 1020 g/mol. The smallest absolute Gasteiger partial charge is 0.249 e. The van der Waals surface area contributed by atoms with E-state index in [1.165, 1.54) is 6.92 Å². The molecule has 388 valence electrons. The number of aliphatic carboxylic acids is 1. The van der Waals surface area contributed by atoms with Gasteiger partial charge in [0.25, 0.3) is 0 Å². The number of aliphatic hydroxyl groups excluding tert-OH is 4. The number of carbonyl (C=O) groups excluding carboxylic acids is 6. The molecule has 0 bridgehead atoms. The molecule has 31 heteroatoms. The zero-order valence-electron chi connectivity index (χ0n) is 38.1. The van der Waals surface area contributed by atoms with Crippen molar-refractivity contribution in [1.82, 2.24) is 41.6 Å². The van der Waals surface area contributed by atoms with Crippen molar-refractivity contribution in [3.63, 3.8) is 0 Å². The first-order valence-electron chi connectivity index (χ1n) is 21.5. The molecule has 2 fully saturated rings. The van der Waals surface area contributed by atoms with Gasteiger partial charge in [-0.2, -0.15) is 0 Å². The highest BCUT2D eigenvalue weighted by atomic mass is 32.1. The number of carbonyl (C=O) groups is 6. The number of carboxylic acids is 1.